The summed E-state index contributed by atoms with van der Waals surface area (Å²) in [6.07, 6.45) is -3.83. The van der Waals surface area contributed by atoms with Crippen LogP contribution in [0.5, 0.6) is 0 Å². The average Bonchev–Trinajstić information content (AvgIpc) is 3.06. The normalized spacial score (nSPS) is 12.0. The van der Waals surface area contributed by atoms with Crippen molar-refractivity contribution in [3.05, 3.63) is 47.1 Å². The van der Waals surface area contributed by atoms with Gasteiger partial charge in [-0.25, -0.2) is 0 Å². The zero-order valence-electron chi connectivity index (χ0n) is 15.3. The van der Waals surface area contributed by atoms with Crippen molar-refractivity contribution in [2.75, 3.05) is 13.6 Å². The van der Waals surface area contributed by atoms with E-state index in [0.717, 1.165) is 12.1 Å². The van der Waals surface area contributed by atoms with Gasteiger partial charge in [-0.15, -0.1) is 24.0 Å². The maximum Gasteiger partial charge on any atom is 0.416 e. The van der Waals surface area contributed by atoms with Gasteiger partial charge >= 0.3 is 6.18 Å². The Labute approximate surface area is 173 Å². The summed E-state index contributed by atoms with van der Waals surface area (Å²) in [6, 6.07) is 5.18. The molecule has 1 aromatic carbocycles. The lowest BCUT2D eigenvalue weighted by atomic mass is 10.1. The molecule has 0 fully saturated rings. The standard InChI is InChI=1S/C17H22F3N5O.HI/c1-11(2)15-24-14(26-25-15)7-8-22-16(21-3)23-10-12-5-4-6-13(9-12)17(18,19)20;/h4-6,9,11H,7-8,10H2,1-3H3,(H2,21,22,23);1H. The molecule has 0 aliphatic heterocycles. The quantitative estimate of drug-likeness (QED) is 0.362. The molecule has 0 bridgehead atoms. The minimum Gasteiger partial charge on any atom is -0.356 e. The van der Waals surface area contributed by atoms with Crippen molar-refractivity contribution in [2.45, 2.75) is 38.9 Å². The molecule has 0 saturated carbocycles. The summed E-state index contributed by atoms with van der Waals surface area (Å²) in [6.45, 7) is 4.68. The van der Waals surface area contributed by atoms with E-state index in [1.807, 2.05) is 13.8 Å². The largest absolute Gasteiger partial charge is 0.416 e. The van der Waals surface area contributed by atoms with Crippen LogP contribution in [0.15, 0.2) is 33.8 Å². The number of benzene rings is 1. The molecule has 0 spiro atoms. The molecule has 27 heavy (non-hydrogen) atoms. The third-order valence-corrected chi connectivity index (χ3v) is 3.57. The van der Waals surface area contributed by atoms with Gasteiger partial charge in [-0.05, 0) is 17.7 Å². The second-order valence-corrected chi connectivity index (χ2v) is 6.00. The highest BCUT2D eigenvalue weighted by atomic mass is 127. The van der Waals surface area contributed by atoms with Gasteiger partial charge in [0, 0.05) is 32.5 Å². The van der Waals surface area contributed by atoms with Gasteiger partial charge in [0.05, 0.1) is 5.56 Å². The number of aromatic nitrogens is 2. The lowest BCUT2D eigenvalue weighted by Gasteiger charge is -2.12. The topological polar surface area (TPSA) is 75.3 Å². The fraction of sp³-hybridized carbons (Fsp3) is 0.471. The Bertz CT molecular complexity index is 746. The molecule has 0 unspecified atom stereocenters. The Morgan fingerprint density at radius 3 is 2.59 bits per heavy atom. The zero-order valence-corrected chi connectivity index (χ0v) is 17.6. The highest BCUT2D eigenvalue weighted by molar-refractivity contribution is 14.0. The van der Waals surface area contributed by atoms with Crippen LogP contribution in [0.3, 0.4) is 0 Å². The summed E-state index contributed by atoms with van der Waals surface area (Å²) in [5.74, 6) is 1.86. The van der Waals surface area contributed by atoms with Gasteiger partial charge in [0.2, 0.25) is 5.89 Å². The molecular weight excluding hydrogens is 474 g/mol. The molecule has 1 aromatic heterocycles. The summed E-state index contributed by atoms with van der Waals surface area (Å²) in [5, 5.41) is 9.93. The number of nitrogens with one attached hydrogen (secondary N) is 2. The second kappa shape index (κ2) is 10.5. The third kappa shape index (κ3) is 7.35. The van der Waals surface area contributed by atoms with Crippen molar-refractivity contribution in [2.24, 2.45) is 4.99 Å². The molecule has 0 aliphatic rings. The van der Waals surface area contributed by atoms with Crippen molar-refractivity contribution < 1.29 is 17.7 Å². The number of hydrogen-bond acceptors (Lipinski definition) is 4. The fourth-order valence-corrected chi connectivity index (χ4v) is 2.16. The number of alkyl halides is 3. The second-order valence-electron chi connectivity index (χ2n) is 6.00. The van der Waals surface area contributed by atoms with Crippen LogP contribution in [0, 0.1) is 0 Å². The van der Waals surface area contributed by atoms with Crippen molar-refractivity contribution in [3.63, 3.8) is 0 Å². The van der Waals surface area contributed by atoms with Crippen LogP contribution >= 0.6 is 24.0 Å². The van der Waals surface area contributed by atoms with E-state index in [9.17, 15) is 13.2 Å². The minimum absolute atomic E-state index is 0. The highest BCUT2D eigenvalue weighted by Gasteiger charge is 2.30. The van der Waals surface area contributed by atoms with Crippen LogP contribution in [0.25, 0.3) is 0 Å². The maximum atomic E-state index is 12.7. The van der Waals surface area contributed by atoms with Crippen LogP contribution in [0.1, 0.15) is 42.6 Å². The Kier molecular flexibility index (Phi) is 9.00. The first kappa shape index (κ1) is 23.2. The molecule has 0 amide bonds. The number of rotatable bonds is 6. The number of hydrogen-bond donors (Lipinski definition) is 2. The molecule has 1 heterocycles. The van der Waals surface area contributed by atoms with Gasteiger partial charge in [-0.2, -0.15) is 18.2 Å². The van der Waals surface area contributed by atoms with Gasteiger partial charge in [-0.1, -0.05) is 31.1 Å². The molecule has 150 valence electrons. The van der Waals surface area contributed by atoms with Crippen molar-refractivity contribution in [3.8, 4) is 0 Å². The summed E-state index contributed by atoms with van der Waals surface area (Å²) in [7, 11) is 1.59. The fourth-order valence-electron chi connectivity index (χ4n) is 2.16. The van der Waals surface area contributed by atoms with E-state index in [0.29, 0.717) is 36.2 Å². The predicted molar refractivity (Wildman–Crippen MR) is 107 cm³/mol. The SMILES string of the molecule is CN=C(NCCc1nc(C(C)C)no1)NCc1cccc(C(F)(F)F)c1.I. The van der Waals surface area contributed by atoms with E-state index >= 15 is 0 Å². The molecule has 2 rings (SSSR count). The van der Waals surface area contributed by atoms with Crippen LogP contribution in [-0.2, 0) is 19.1 Å². The van der Waals surface area contributed by atoms with Gasteiger partial charge in [-0.3, -0.25) is 4.99 Å². The minimum atomic E-state index is -4.35. The number of aliphatic imine (C=N–C) groups is 1. The van der Waals surface area contributed by atoms with Crippen molar-refractivity contribution in [1.82, 2.24) is 20.8 Å². The van der Waals surface area contributed by atoms with E-state index in [1.54, 1.807) is 13.1 Å². The third-order valence-electron chi connectivity index (χ3n) is 3.57. The lowest BCUT2D eigenvalue weighted by Crippen LogP contribution is -2.37. The molecular formula is C17H23F3IN5O. The van der Waals surface area contributed by atoms with E-state index in [1.165, 1.54) is 6.07 Å². The molecule has 6 nitrogen and oxygen atoms in total. The monoisotopic (exact) mass is 497 g/mol. The first-order valence-corrected chi connectivity index (χ1v) is 8.22. The van der Waals surface area contributed by atoms with Crippen LogP contribution < -0.4 is 10.6 Å². The van der Waals surface area contributed by atoms with Crippen molar-refractivity contribution >= 4 is 29.9 Å². The Balaban J connectivity index is 0.00000364. The predicted octanol–water partition coefficient (Wildman–Crippen LogP) is 3.74. The molecule has 0 atom stereocenters. The number of nitrogens with zero attached hydrogens (tertiary/aromatic N) is 3. The molecule has 2 aromatic rings. The first-order valence-electron chi connectivity index (χ1n) is 8.22. The van der Waals surface area contributed by atoms with E-state index in [2.05, 4.69) is 25.8 Å². The Morgan fingerprint density at radius 2 is 2.00 bits per heavy atom. The lowest BCUT2D eigenvalue weighted by molar-refractivity contribution is -0.137. The zero-order chi connectivity index (χ0) is 19.2. The van der Waals surface area contributed by atoms with E-state index in [4.69, 9.17) is 4.52 Å². The highest BCUT2D eigenvalue weighted by Crippen LogP contribution is 2.29. The molecule has 0 radical (unpaired) electrons. The van der Waals surface area contributed by atoms with Gasteiger partial charge in [0.25, 0.3) is 0 Å². The molecule has 2 N–H and O–H groups in total. The van der Waals surface area contributed by atoms with Crippen LogP contribution in [-0.4, -0.2) is 29.7 Å². The smallest absolute Gasteiger partial charge is 0.356 e. The maximum absolute atomic E-state index is 12.7. The van der Waals surface area contributed by atoms with E-state index < -0.39 is 11.7 Å². The average molecular weight is 497 g/mol. The number of guanidine groups is 1. The van der Waals surface area contributed by atoms with E-state index in [-0.39, 0.29) is 36.4 Å². The van der Waals surface area contributed by atoms with Crippen LogP contribution in [0.4, 0.5) is 13.2 Å². The summed E-state index contributed by atoms with van der Waals surface area (Å²) < 4.78 is 43.4. The Morgan fingerprint density at radius 1 is 1.26 bits per heavy atom. The number of halogens is 4. The summed E-state index contributed by atoms with van der Waals surface area (Å²) >= 11 is 0. The van der Waals surface area contributed by atoms with Crippen LogP contribution in [0.2, 0.25) is 0 Å². The Hall–Kier alpha value is -1.85. The van der Waals surface area contributed by atoms with Gasteiger partial charge in [0.15, 0.2) is 11.8 Å². The molecule has 0 saturated heterocycles. The molecule has 0 aliphatic carbocycles. The summed E-state index contributed by atoms with van der Waals surface area (Å²) in [4.78, 5) is 8.32. The van der Waals surface area contributed by atoms with Gasteiger partial charge < -0.3 is 15.2 Å². The molecule has 10 heteroatoms. The summed E-state index contributed by atoms with van der Waals surface area (Å²) in [5.41, 5.74) is -0.154. The van der Waals surface area contributed by atoms with Crippen molar-refractivity contribution in [1.29, 1.82) is 0 Å². The first-order chi connectivity index (χ1) is 12.3. The van der Waals surface area contributed by atoms with Gasteiger partial charge in [0.1, 0.15) is 0 Å².